The second-order valence-corrected chi connectivity index (χ2v) is 1.05. The van der Waals surface area contributed by atoms with E-state index in [1.807, 2.05) is 0 Å². The monoisotopic (exact) mass is 226 g/mol. The quantitative estimate of drug-likeness (QED) is 0.351. The molecule has 0 aromatic rings. The van der Waals surface area contributed by atoms with Gasteiger partial charge in [-0.1, -0.05) is 13.2 Å². The average Bonchev–Trinajstić information content (AvgIpc) is 1.89. The minimum atomic E-state index is -1.23. The standard InChI is InChI=1S/2C3H4O2.2H2O.Ti/c2*1-2-3(4)5;;;/h2*2H,1H2,(H,4,5);2*1H2;/q;;;;+2/p-2. The summed E-state index contributed by atoms with van der Waals surface area (Å²) in [5.41, 5.74) is 0. The Morgan fingerprint density at radius 1 is 0.923 bits per heavy atom. The van der Waals surface area contributed by atoms with Crippen LogP contribution in [0.25, 0.3) is 0 Å². The molecule has 0 aliphatic rings. The molecule has 74 valence electrons. The van der Waals surface area contributed by atoms with Crippen molar-refractivity contribution in [1.29, 1.82) is 0 Å². The molecule has 7 heteroatoms. The van der Waals surface area contributed by atoms with Gasteiger partial charge in [-0.15, -0.1) is 0 Å². The van der Waals surface area contributed by atoms with Gasteiger partial charge in [0.15, 0.2) is 0 Å². The average molecular weight is 226 g/mol. The number of hydrogen-bond acceptors (Lipinski definition) is 4. The van der Waals surface area contributed by atoms with Crippen molar-refractivity contribution in [2.24, 2.45) is 0 Å². The van der Waals surface area contributed by atoms with Crippen LogP contribution in [0.4, 0.5) is 0 Å². The smallest absolute Gasteiger partial charge is 0.545 e. The van der Waals surface area contributed by atoms with E-state index in [0.29, 0.717) is 0 Å². The van der Waals surface area contributed by atoms with E-state index in [2.05, 4.69) is 13.2 Å². The zero-order valence-corrected chi connectivity index (χ0v) is 8.26. The molecule has 0 aliphatic heterocycles. The molecule has 6 nitrogen and oxygen atoms in total. The summed E-state index contributed by atoms with van der Waals surface area (Å²) >= 11 is 0. The summed E-state index contributed by atoms with van der Waals surface area (Å²) in [6, 6.07) is 0. The van der Waals surface area contributed by atoms with Crippen LogP contribution in [0.1, 0.15) is 0 Å². The van der Waals surface area contributed by atoms with Gasteiger partial charge in [0.05, 0.1) is 11.9 Å². The number of rotatable bonds is 2. The fourth-order valence-electron chi connectivity index (χ4n) is 0. The van der Waals surface area contributed by atoms with E-state index in [-0.39, 0.29) is 32.7 Å². The van der Waals surface area contributed by atoms with Crippen LogP contribution in [-0.2, 0) is 31.3 Å². The van der Waals surface area contributed by atoms with Crippen molar-refractivity contribution < 1.29 is 52.5 Å². The van der Waals surface area contributed by atoms with Crippen LogP contribution < -0.4 is 10.2 Å². The maximum atomic E-state index is 9.14. The van der Waals surface area contributed by atoms with Crippen LogP contribution in [0.15, 0.2) is 25.3 Å². The van der Waals surface area contributed by atoms with Gasteiger partial charge in [-0.3, -0.25) is 0 Å². The van der Waals surface area contributed by atoms with Gasteiger partial charge < -0.3 is 30.8 Å². The topological polar surface area (TPSA) is 143 Å². The molecule has 0 unspecified atom stereocenters. The van der Waals surface area contributed by atoms with Crippen LogP contribution in [0.5, 0.6) is 0 Å². The predicted molar refractivity (Wildman–Crippen MR) is 37.6 cm³/mol. The number of carboxylic acids is 2. The van der Waals surface area contributed by atoms with Gasteiger partial charge in [0.2, 0.25) is 0 Å². The molecule has 0 radical (unpaired) electrons. The first-order chi connectivity index (χ1) is 4.54. The van der Waals surface area contributed by atoms with Crippen LogP contribution in [0.2, 0.25) is 0 Å². The maximum Gasteiger partial charge on any atom is 2.00 e. The van der Waals surface area contributed by atoms with Crippen LogP contribution in [0.3, 0.4) is 0 Å². The summed E-state index contributed by atoms with van der Waals surface area (Å²) in [5, 5.41) is 18.3. The molecular weight excluding hydrogens is 216 g/mol. The van der Waals surface area contributed by atoms with Gasteiger partial charge in [-0.2, -0.15) is 0 Å². The summed E-state index contributed by atoms with van der Waals surface area (Å²) in [6.07, 6.45) is 1.44. The Hall–Kier alpha value is -0.946. The molecule has 0 spiro atoms. The zero-order chi connectivity index (χ0) is 8.57. The van der Waals surface area contributed by atoms with Gasteiger partial charge in [0.25, 0.3) is 0 Å². The summed E-state index contributed by atoms with van der Waals surface area (Å²) in [4.78, 5) is 18.3. The second kappa shape index (κ2) is 22.5. The number of carbonyl (C=O) groups is 2. The van der Waals surface area contributed by atoms with Crippen molar-refractivity contribution in [2.45, 2.75) is 0 Å². The third-order valence-corrected chi connectivity index (χ3v) is 0.333. The van der Waals surface area contributed by atoms with Gasteiger partial charge in [-0.05, 0) is 12.2 Å². The Balaban J connectivity index is -0.0000000267. The minimum absolute atomic E-state index is 0. The molecule has 0 aromatic carbocycles. The van der Waals surface area contributed by atoms with Crippen molar-refractivity contribution >= 4 is 11.9 Å². The van der Waals surface area contributed by atoms with E-state index in [1.54, 1.807) is 0 Å². The fourth-order valence-corrected chi connectivity index (χ4v) is 0. The van der Waals surface area contributed by atoms with Crippen molar-refractivity contribution in [3.05, 3.63) is 25.3 Å². The van der Waals surface area contributed by atoms with Crippen molar-refractivity contribution in [3.63, 3.8) is 0 Å². The summed E-state index contributed by atoms with van der Waals surface area (Å²) in [7, 11) is 0. The van der Waals surface area contributed by atoms with Crippen LogP contribution >= 0.6 is 0 Å². The number of aliphatic carboxylic acids is 2. The van der Waals surface area contributed by atoms with Gasteiger partial charge >= 0.3 is 21.7 Å². The molecular formula is C6H10O6Ti. The molecule has 0 saturated carbocycles. The molecule has 0 bridgehead atoms. The Labute approximate surface area is 90.1 Å². The van der Waals surface area contributed by atoms with E-state index in [9.17, 15) is 0 Å². The zero-order valence-electron chi connectivity index (χ0n) is 6.70. The largest absolute Gasteiger partial charge is 2.00 e. The molecule has 0 amide bonds. The van der Waals surface area contributed by atoms with E-state index < -0.39 is 11.9 Å². The second-order valence-electron chi connectivity index (χ2n) is 1.05. The number of hydrogen-bond donors (Lipinski definition) is 0. The molecule has 0 aliphatic carbocycles. The van der Waals surface area contributed by atoms with Gasteiger partial charge in [-0.25, -0.2) is 0 Å². The van der Waals surface area contributed by atoms with E-state index in [0.717, 1.165) is 12.2 Å². The molecule has 0 atom stereocenters. The summed E-state index contributed by atoms with van der Waals surface area (Å²) < 4.78 is 0. The molecule has 0 saturated heterocycles. The molecule has 13 heavy (non-hydrogen) atoms. The van der Waals surface area contributed by atoms with E-state index in [4.69, 9.17) is 19.8 Å². The normalized spacial score (nSPS) is 4.92. The summed E-state index contributed by atoms with van der Waals surface area (Å²) in [5.74, 6) is -2.46. The first-order valence-electron chi connectivity index (χ1n) is 2.21. The number of carboxylic acid groups (broad SMARTS) is 2. The van der Waals surface area contributed by atoms with Crippen LogP contribution in [0, 0.1) is 0 Å². The third kappa shape index (κ3) is 97.1. The first kappa shape index (κ1) is 29.6. The predicted octanol–water partition coefficient (Wildman–Crippen LogP) is -3.81. The molecule has 0 aromatic heterocycles. The Bertz CT molecular complexity index is 137. The molecule has 0 rings (SSSR count). The van der Waals surface area contributed by atoms with Crippen LogP contribution in [-0.4, -0.2) is 22.9 Å². The van der Waals surface area contributed by atoms with E-state index in [1.165, 1.54) is 0 Å². The van der Waals surface area contributed by atoms with Crippen molar-refractivity contribution in [1.82, 2.24) is 0 Å². The van der Waals surface area contributed by atoms with Crippen molar-refractivity contribution in [3.8, 4) is 0 Å². The Kier molecular flexibility index (Phi) is 51.1. The first-order valence-corrected chi connectivity index (χ1v) is 2.21. The Morgan fingerprint density at radius 3 is 1.00 bits per heavy atom. The van der Waals surface area contributed by atoms with Crippen molar-refractivity contribution in [2.75, 3.05) is 0 Å². The molecule has 0 fully saturated rings. The van der Waals surface area contributed by atoms with E-state index >= 15 is 0 Å². The maximum absolute atomic E-state index is 9.14. The van der Waals surface area contributed by atoms with Gasteiger partial charge in [0.1, 0.15) is 0 Å². The summed E-state index contributed by atoms with van der Waals surface area (Å²) in [6.45, 7) is 5.80. The number of carbonyl (C=O) groups excluding carboxylic acids is 2. The molecule has 0 heterocycles. The molecule has 4 N–H and O–H groups in total. The minimum Gasteiger partial charge on any atom is -0.545 e. The SMILES string of the molecule is C=CC(=O)[O-].C=CC(=O)[O-].O.O.[Ti+2]. The fraction of sp³-hybridized carbons (Fsp3) is 0. The Morgan fingerprint density at radius 2 is 1.00 bits per heavy atom. The van der Waals surface area contributed by atoms with Gasteiger partial charge in [0, 0.05) is 0 Å². The third-order valence-electron chi connectivity index (χ3n) is 0.333.